The van der Waals surface area contributed by atoms with Gasteiger partial charge in [0.1, 0.15) is 6.07 Å². The molecular formula is C93H87BN4. The molecular weight excluding hydrogens is 1180 g/mol. The first kappa shape index (κ1) is 50.9. The normalized spacial score (nSPS) is 14.9. The number of nitriles is 1. The lowest BCUT2D eigenvalue weighted by molar-refractivity contribution is 0.568. The van der Waals surface area contributed by atoms with E-state index >= 15 is 0 Å². The zero-order valence-corrected chi connectivity index (χ0v) is 58.7. The van der Waals surface area contributed by atoms with E-state index in [9.17, 15) is 13.5 Å². The van der Waals surface area contributed by atoms with Crippen LogP contribution in [0.3, 0.4) is 0 Å². The SMILES string of the molecule is [2H]c1c([2H])c([2H])c(-c2c([2H])c([2H])c3c(c2[2H])c2c([2H])c([2H])c([2H])c([2H])c2n3-c2ccc(C#N)c(N3c4cc(-c5cc(C(C)(C)C)cc(C(C)(C)C)c5)ccc4B4c5ccc(-c6cc(C(C)(C)C)cc(C(C)(C)C)c6)cc5N(c5cc(-c6ccccc6)cc(-c6ccccc6)c5)c5cc(C(C)(C)C)cc3c54)c2)c([2H])c1[2H]. The molecule has 0 spiro atoms. The molecule has 0 N–H and O–H groups in total. The Morgan fingerprint density at radius 2 is 0.786 bits per heavy atom. The van der Waals surface area contributed by atoms with E-state index in [0.717, 1.165) is 106 Å². The molecule has 12 aromatic carbocycles. The third-order valence-corrected chi connectivity index (χ3v) is 19.8. The van der Waals surface area contributed by atoms with E-state index in [1.165, 1.54) is 15.7 Å². The largest absolute Gasteiger partial charge is 0.311 e. The summed E-state index contributed by atoms with van der Waals surface area (Å²) in [6.45, 7) is 33.2. The van der Waals surface area contributed by atoms with Crippen molar-refractivity contribution in [3.63, 3.8) is 0 Å². The van der Waals surface area contributed by atoms with Crippen molar-refractivity contribution in [3.05, 3.63) is 288 Å². The van der Waals surface area contributed by atoms with Crippen molar-refractivity contribution in [3.8, 4) is 67.4 Å². The minimum absolute atomic E-state index is 0.137. The van der Waals surface area contributed by atoms with Crippen LogP contribution >= 0.6 is 0 Å². The molecule has 98 heavy (non-hydrogen) atoms. The number of anilines is 6. The van der Waals surface area contributed by atoms with Crippen molar-refractivity contribution in [2.45, 2.75) is 131 Å². The van der Waals surface area contributed by atoms with Gasteiger partial charge in [0.15, 0.2) is 0 Å². The molecule has 0 saturated carbocycles. The van der Waals surface area contributed by atoms with Crippen molar-refractivity contribution in [1.29, 1.82) is 5.26 Å². The summed E-state index contributed by atoms with van der Waals surface area (Å²) >= 11 is 0. The first-order valence-electron chi connectivity index (χ1n) is 40.0. The number of hydrogen-bond donors (Lipinski definition) is 0. The van der Waals surface area contributed by atoms with Crippen molar-refractivity contribution >= 4 is 79.0 Å². The monoisotopic (exact) mass is 1280 g/mol. The van der Waals surface area contributed by atoms with Gasteiger partial charge in [0, 0.05) is 44.9 Å². The van der Waals surface area contributed by atoms with E-state index in [4.69, 9.17) is 8.22 Å². The summed E-state index contributed by atoms with van der Waals surface area (Å²) in [4.78, 5) is 4.62. The molecule has 13 aromatic rings. The van der Waals surface area contributed by atoms with Crippen LogP contribution < -0.4 is 26.2 Å². The third kappa shape index (κ3) is 11.3. The third-order valence-electron chi connectivity index (χ3n) is 19.8. The Labute approximate surface area is 598 Å². The minimum Gasteiger partial charge on any atom is -0.311 e. The van der Waals surface area contributed by atoms with Crippen LogP contribution in [0.1, 0.15) is 154 Å². The van der Waals surface area contributed by atoms with Crippen molar-refractivity contribution in [2.24, 2.45) is 0 Å². The molecule has 0 radical (unpaired) electrons. The smallest absolute Gasteiger partial charge is 0.252 e. The second-order valence-electron chi connectivity index (χ2n) is 31.8. The fraction of sp³-hybridized carbons (Fsp3) is 0.215. The molecule has 0 amide bonds. The minimum atomic E-state index is -0.714. The second-order valence-corrected chi connectivity index (χ2v) is 31.8. The van der Waals surface area contributed by atoms with Gasteiger partial charge >= 0.3 is 0 Å². The van der Waals surface area contributed by atoms with Gasteiger partial charge in [-0.25, -0.2) is 0 Å². The number of nitrogens with zero attached hydrogens (tertiary/aromatic N) is 4. The summed E-state index contributed by atoms with van der Waals surface area (Å²) in [5.74, 6) is 0. The zero-order chi connectivity index (χ0) is 79.0. The maximum absolute atomic E-state index is 12.0. The van der Waals surface area contributed by atoms with Gasteiger partial charge in [0.25, 0.3) is 6.71 Å². The summed E-state index contributed by atoms with van der Waals surface area (Å²) < 4.78 is 113. The molecule has 0 aliphatic carbocycles. The van der Waals surface area contributed by atoms with Crippen LogP contribution in [0.2, 0.25) is 0 Å². The van der Waals surface area contributed by atoms with Crippen LogP contribution in [0.5, 0.6) is 0 Å². The fourth-order valence-corrected chi connectivity index (χ4v) is 14.2. The molecule has 2 aliphatic rings. The summed E-state index contributed by atoms with van der Waals surface area (Å²) in [6, 6.07) is 60.1. The highest BCUT2D eigenvalue weighted by Crippen LogP contribution is 2.51. The number of aromatic nitrogens is 1. The molecule has 0 unspecified atom stereocenters. The Hall–Kier alpha value is -10.4. The van der Waals surface area contributed by atoms with Crippen LogP contribution in [-0.4, -0.2) is 11.3 Å². The number of para-hydroxylation sites is 1. The Kier molecular flexibility index (Phi) is 12.2. The van der Waals surface area contributed by atoms with E-state index in [1.54, 1.807) is 18.2 Å². The summed E-state index contributed by atoms with van der Waals surface area (Å²) in [6.07, 6.45) is 0. The van der Waals surface area contributed by atoms with Crippen molar-refractivity contribution in [1.82, 2.24) is 4.57 Å². The predicted octanol–water partition coefficient (Wildman–Crippen LogP) is 23.6. The Balaban J connectivity index is 1.09. The number of benzene rings is 12. The molecule has 482 valence electrons. The van der Waals surface area contributed by atoms with Crippen LogP contribution in [0.4, 0.5) is 34.1 Å². The molecule has 3 heterocycles. The summed E-state index contributed by atoms with van der Waals surface area (Å²) in [5.41, 5.74) is 19.4. The molecule has 0 saturated heterocycles. The highest BCUT2D eigenvalue weighted by atomic mass is 15.2. The van der Waals surface area contributed by atoms with E-state index < -0.39 is 95.8 Å². The van der Waals surface area contributed by atoms with Gasteiger partial charge in [0.05, 0.1) is 38.7 Å². The van der Waals surface area contributed by atoms with E-state index in [-0.39, 0.29) is 54.7 Å². The molecule has 0 atom stereocenters. The Bertz CT molecular complexity index is 5970. The van der Waals surface area contributed by atoms with E-state index in [2.05, 4.69) is 271 Å². The molecule has 5 heteroatoms. The van der Waals surface area contributed by atoms with Gasteiger partial charge in [-0.15, -0.1) is 0 Å². The number of rotatable bonds is 8. The van der Waals surface area contributed by atoms with Gasteiger partial charge in [-0.2, -0.15) is 5.26 Å². The van der Waals surface area contributed by atoms with Gasteiger partial charge in [-0.05, 0) is 206 Å². The van der Waals surface area contributed by atoms with Crippen molar-refractivity contribution < 1.29 is 16.4 Å². The lowest BCUT2D eigenvalue weighted by Gasteiger charge is -2.45. The van der Waals surface area contributed by atoms with Crippen LogP contribution in [0, 0.1) is 11.3 Å². The summed E-state index contributed by atoms with van der Waals surface area (Å²) in [5, 5.41) is 11.6. The first-order valence-corrected chi connectivity index (χ1v) is 34.0. The Morgan fingerprint density at radius 3 is 1.30 bits per heavy atom. The summed E-state index contributed by atoms with van der Waals surface area (Å²) in [7, 11) is 0. The molecule has 2 aliphatic heterocycles. The van der Waals surface area contributed by atoms with E-state index in [0.29, 0.717) is 5.69 Å². The maximum Gasteiger partial charge on any atom is 0.252 e. The quantitative estimate of drug-likeness (QED) is 0.142. The van der Waals surface area contributed by atoms with E-state index in [1.807, 2.05) is 12.1 Å². The molecule has 4 nitrogen and oxygen atoms in total. The standard InChI is InChI=1S/C93H87BN4/c1-89(2,3)70-44-68(45-71(53-70)90(4,5)6)63-36-40-79-84(51-63)97(76-48-66(60-29-21-17-22-30-60)43-67(49-76)61-31-23-18-24-32-61)86-55-74(93(13,14)15)56-87-88(86)94(79)80-41-37-64(69-46-72(91(7,8)9)54-73(47-69)92(10,11)12)52-85(80)98(87)83-57-75(39-35-65(83)58-95)96-81-34-26-25-33-77(81)78-50-62(38-42-82(78)96)59-27-19-16-20-28-59/h16-57H,1-15H3/i16D,19D,20D,25D,26D,27D,28D,33D,34D,38D,42D,50D. The lowest BCUT2D eigenvalue weighted by Crippen LogP contribution is -2.61. The zero-order valence-electron chi connectivity index (χ0n) is 70.7. The highest BCUT2D eigenvalue weighted by molar-refractivity contribution is 7.00. The molecule has 15 rings (SSSR count). The van der Waals surface area contributed by atoms with Crippen LogP contribution in [0.25, 0.3) is 83.1 Å². The van der Waals surface area contributed by atoms with Gasteiger partial charge in [-0.3, -0.25) is 0 Å². The molecule has 1 aromatic heterocycles. The van der Waals surface area contributed by atoms with Gasteiger partial charge in [0.2, 0.25) is 0 Å². The molecule has 0 bridgehead atoms. The maximum atomic E-state index is 12.0. The van der Waals surface area contributed by atoms with Crippen molar-refractivity contribution in [2.75, 3.05) is 9.80 Å². The first-order chi connectivity index (χ1) is 51.7. The highest BCUT2D eigenvalue weighted by Gasteiger charge is 2.45. The predicted molar refractivity (Wildman–Crippen MR) is 420 cm³/mol. The van der Waals surface area contributed by atoms with Crippen LogP contribution in [-0.2, 0) is 27.1 Å². The number of hydrogen-bond acceptors (Lipinski definition) is 3. The fourth-order valence-electron chi connectivity index (χ4n) is 14.2. The molecule has 0 fully saturated rings. The lowest BCUT2D eigenvalue weighted by atomic mass is 9.33. The topological polar surface area (TPSA) is 35.2 Å². The van der Waals surface area contributed by atoms with Gasteiger partial charge < -0.3 is 14.4 Å². The average Bonchev–Trinajstić information content (AvgIpc) is 1.16. The van der Waals surface area contributed by atoms with Gasteiger partial charge in [-0.1, -0.05) is 280 Å². The van der Waals surface area contributed by atoms with Crippen LogP contribution in [0.15, 0.2) is 255 Å². The Morgan fingerprint density at radius 1 is 0.327 bits per heavy atom. The second kappa shape index (κ2) is 23.4. The average molecular weight is 1280 g/mol. The number of fused-ring (bicyclic) bond motifs is 7.